The van der Waals surface area contributed by atoms with E-state index >= 15 is 0 Å². The van der Waals surface area contributed by atoms with Crippen molar-refractivity contribution in [3.05, 3.63) is 71.8 Å². The van der Waals surface area contributed by atoms with Crippen molar-refractivity contribution in [2.24, 2.45) is 0 Å². The van der Waals surface area contributed by atoms with Crippen molar-refractivity contribution < 1.29 is 9.18 Å². The van der Waals surface area contributed by atoms with Crippen molar-refractivity contribution in [1.82, 2.24) is 15.5 Å². The Morgan fingerprint density at radius 2 is 1.92 bits per heavy atom. The minimum Gasteiger partial charge on any atom is -0.377 e. The summed E-state index contributed by atoms with van der Waals surface area (Å²) in [7, 11) is 3.86. The van der Waals surface area contributed by atoms with Crippen LogP contribution in [-0.2, 0) is 0 Å². The number of rotatable bonds is 5. The zero-order valence-corrected chi connectivity index (χ0v) is 15.0. The van der Waals surface area contributed by atoms with E-state index in [9.17, 15) is 9.18 Å². The lowest BCUT2D eigenvalue weighted by Crippen LogP contribution is -2.27. The minimum absolute atomic E-state index is 0.177. The summed E-state index contributed by atoms with van der Waals surface area (Å²) in [5.74, 6) is -0.471. The first-order valence-corrected chi connectivity index (χ1v) is 8.32. The van der Waals surface area contributed by atoms with Gasteiger partial charge in [-0.25, -0.2) is 4.39 Å². The Balaban J connectivity index is 1.83. The van der Waals surface area contributed by atoms with Gasteiger partial charge in [0, 0.05) is 42.7 Å². The highest BCUT2D eigenvalue weighted by Gasteiger charge is 2.15. The van der Waals surface area contributed by atoms with Gasteiger partial charge < -0.3 is 10.2 Å². The van der Waals surface area contributed by atoms with Crippen molar-refractivity contribution in [3.63, 3.8) is 0 Å². The largest absolute Gasteiger partial charge is 0.377 e. The topological polar surface area (TPSA) is 61.0 Å². The van der Waals surface area contributed by atoms with E-state index < -0.39 is 0 Å². The van der Waals surface area contributed by atoms with E-state index in [4.69, 9.17) is 0 Å². The number of nitrogens with zero attached hydrogens (tertiary/aromatic N) is 2. The molecule has 134 valence electrons. The van der Waals surface area contributed by atoms with Gasteiger partial charge in [0.15, 0.2) is 0 Å². The standard InChI is InChI=1S/C20H21FN4O/c1-13(14-4-7-17(21)8-5-14)24-20(26)15-6-9-18(16-11-22-23-12-16)19(10-15)25(2)3/h4-13H,1-3H3,(H,22,23)(H,24,26). The van der Waals surface area contributed by atoms with Gasteiger partial charge in [0.1, 0.15) is 5.82 Å². The molecule has 3 aromatic rings. The first kappa shape index (κ1) is 17.7. The zero-order valence-electron chi connectivity index (χ0n) is 15.0. The van der Waals surface area contributed by atoms with E-state index in [1.54, 1.807) is 24.4 Å². The molecule has 5 nitrogen and oxygen atoms in total. The lowest BCUT2D eigenvalue weighted by atomic mass is 10.0. The normalized spacial score (nSPS) is 11.8. The van der Waals surface area contributed by atoms with Crippen LogP contribution in [0.15, 0.2) is 54.9 Å². The number of halogens is 1. The molecule has 0 aliphatic heterocycles. The molecule has 0 aliphatic carbocycles. The Morgan fingerprint density at radius 3 is 2.54 bits per heavy atom. The molecule has 1 atom stereocenters. The van der Waals surface area contributed by atoms with Crippen LogP contribution in [0, 0.1) is 5.82 Å². The van der Waals surface area contributed by atoms with E-state index in [1.807, 2.05) is 44.2 Å². The second-order valence-electron chi connectivity index (χ2n) is 6.36. The van der Waals surface area contributed by atoms with E-state index in [0.29, 0.717) is 5.56 Å². The molecule has 0 aliphatic rings. The average Bonchev–Trinajstić information content (AvgIpc) is 3.16. The summed E-state index contributed by atoms with van der Waals surface area (Å²) in [6, 6.07) is 11.5. The van der Waals surface area contributed by atoms with E-state index in [1.165, 1.54) is 12.1 Å². The Bertz CT molecular complexity index is 889. The lowest BCUT2D eigenvalue weighted by Gasteiger charge is -2.19. The fourth-order valence-corrected chi connectivity index (χ4v) is 2.80. The van der Waals surface area contributed by atoms with Crippen molar-refractivity contribution in [3.8, 4) is 11.1 Å². The molecule has 1 amide bonds. The van der Waals surface area contributed by atoms with Crippen LogP contribution in [0.4, 0.5) is 10.1 Å². The third-order valence-corrected chi connectivity index (χ3v) is 4.27. The van der Waals surface area contributed by atoms with E-state index in [0.717, 1.165) is 22.4 Å². The fourth-order valence-electron chi connectivity index (χ4n) is 2.80. The van der Waals surface area contributed by atoms with Gasteiger partial charge in [-0.3, -0.25) is 9.89 Å². The SMILES string of the molecule is CC(NC(=O)c1ccc(-c2cn[nH]c2)c(N(C)C)c1)c1ccc(F)cc1. The van der Waals surface area contributed by atoms with Crippen LogP contribution >= 0.6 is 0 Å². The van der Waals surface area contributed by atoms with Crippen molar-refractivity contribution in [2.75, 3.05) is 19.0 Å². The highest BCUT2D eigenvalue weighted by Crippen LogP contribution is 2.30. The molecule has 2 aromatic carbocycles. The first-order valence-electron chi connectivity index (χ1n) is 8.32. The van der Waals surface area contributed by atoms with Gasteiger partial charge in [-0.05, 0) is 36.8 Å². The van der Waals surface area contributed by atoms with Gasteiger partial charge in [-0.15, -0.1) is 0 Å². The molecular formula is C20H21FN4O. The third kappa shape index (κ3) is 3.74. The molecule has 0 fully saturated rings. The predicted octanol–water partition coefficient (Wildman–Crippen LogP) is 3.77. The molecule has 3 rings (SSSR count). The summed E-state index contributed by atoms with van der Waals surface area (Å²) in [6.45, 7) is 1.87. The number of aromatic nitrogens is 2. The summed E-state index contributed by atoms with van der Waals surface area (Å²) in [5, 5.41) is 9.75. The van der Waals surface area contributed by atoms with Crippen LogP contribution in [0.25, 0.3) is 11.1 Å². The Labute approximate surface area is 151 Å². The molecule has 26 heavy (non-hydrogen) atoms. The average molecular weight is 352 g/mol. The summed E-state index contributed by atoms with van der Waals surface area (Å²) in [5.41, 5.74) is 4.29. The molecule has 1 heterocycles. The van der Waals surface area contributed by atoms with E-state index in [2.05, 4.69) is 15.5 Å². The van der Waals surface area contributed by atoms with Crippen molar-refractivity contribution in [1.29, 1.82) is 0 Å². The molecule has 1 aromatic heterocycles. The van der Waals surface area contributed by atoms with Crippen molar-refractivity contribution >= 4 is 11.6 Å². The Morgan fingerprint density at radius 1 is 1.19 bits per heavy atom. The van der Waals surface area contributed by atoms with Gasteiger partial charge in [0.25, 0.3) is 5.91 Å². The predicted molar refractivity (Wildman–Crippen MR) is 101 cm³/mol. The number of hydrogen-bond donors (Lipinski definition) is 2. The smallest absolute Gasteiger partial charge is 0.251 e. The molecule has 0 spiro atoms. The summed E-state index contributed by atoms with van der Waals surface area (Å²) in [6.07, 6.45) is 3.57. The van der Waals surface area contributed by atoms with Crippen LogP contribution in [-0.4, -0.2) is 30.2 Å². The quantitative estimate of drug-likeness (QED) is 0.735. The molecule has 0 bridgehead atoms. The number of hydrogen-bond acceptors (Lipinski definition) is 3. The molecule has 6 heteroatoms. The fraction of sp³-hybridized carbons (Fsp3) is 0.200. The third-order valence-electron chi connectivity index (χ3n) is 4.27. The molecule has 2 N–H and O–H groups in total. The van der Waals surface area contributed by atoms with Crippen molar-refractivity contribution in [2.45, 2.75) is 13.0 Å². The minimum atomic E-state index is -0.294. The highest BCUT2D eigenvalue weighted by atomic mass is 19.1. The van der Waals surface area contributed by atoms with Crippen LogP contribution in [0.1, 0.15) is 28.9 Å². The second kappa shape index (κ2) is 7.39. The van der Waals surface area contributed by atoms with Crippen LogP contribution in [0.2, 0.25) is 0 Å². The van der Waals surface area contributed by atoms with Crippen LogP contribution < -0.4 is 10.2 Å². The maximum absolute atomic E-state index is 13.1. The van der Waals surface area contributed by atoms with Gasteiger partial charge in [-0.2, -0.15) is 5.10 Å². The maximum atomic E-state index is 13.1. The molecule has 0 saturated heterocycles. The Hall–Kier alpha value is -3.15. The number of carbonyl (C=O) groups is 1. The molecule has 0 radical (unpaired) electrons. The number of aromatic amines is 1. The molecule has 0 saturated carbocycles. The number of benzene rings is 2. The summed E-state index contributed by atoms with van der Waals surface area (Å²) in [4.78, 5) is 14.6. The summed E-state index contributed by atoms with van der Waals surface area (Å²) >= 11 is 0. The van der Waals surface area contributed by atoms with Gasteiger partial charge in [0.05, 0.1) is 12.2 Å². The number of amides is 1. The number of carbonyl (C=O) groups excluding carboxylic acids is 1. The number of H-pyrrole nitrogens is 1. The maximum Gasteiger partial charge on any atom is 0.251 e. The number of anilines is 1. The second-order valence-corrected chi connectivity index (χ2v) is 6.36. The number of nitrogens with one attached hydrogen (secondary N) is 2. The van der Waals surface area contributed by atoms with Crippen LogP contribution in [0.5, 0.6) is 0 Å². The van der Waals surface area contributed by atoms with Crippen LogP contribution in [0.3, 0.4) is 0 Å². The highest BCUT2D eigenvalue weighted by molar-refractivity contribution is 5.97. The van der Waals surface area contributed by atoms with E-state index in [-0.39, 0.29) is 17.8 Å². The van der Waals surface area contributed by atoms with Gasteiger partial charge in [0.2, 0.25) is 0 Å². The first-order chi connectivity index (χ1) is 12.5. The van der Waals surface area contributed by atoms with Gasteiger partial charge in [-0.1, -0.05) is 18.2 Å². The molecular weight excluding hydrogens is 331 g/mol. The monoisotopic (exact) mass is 352 g/mol. The zero-order chi connectivity index (χ0) is 18.7. The Kier molecular flexibility index (Phi) is 5.02. The van der Waals surface area contributed by atoms with Gasteiger partial charge >= 0.3 is 0 Å². The molecule has 1 unspecified atom stereocenters. The summed E-state index contributed by atoms with van der Waals surface area (Å²) < 4.78 is 13.1. The lowest BCUT2D eigenvalue weighted by molar-refractivity contribution is 0.0940.